The van der Waals surface area contributed by atoms with Crippen LogP contribution in [0, 0.1) is 0 Å². The lowest BCUT2D eigenvalue weighted by Gasteiger charge is -2.18. The SMILES string of the molecule is CCOc1ccccc1C(=O)N1CC[C@@H](n2c(=O)[nH]c3cncnc32)C1. The van der Waals surface area contributed by atoms with Gasteiger partial charge in [-0.25, -0.2) is 14.8 Å². The zero-order valence-electron chi connectivity index (χ0n) is 14.4. The number of hydrogen-bond acceptors (Lipinski definition) is 5. The van der Waals surface area contributed by atoms with Gasteiger partial charge in [0, 0.05) is 13.1 Å². The Morgan fingerprint density at radius 2 is 2.23 bits per heavy atom. The van der Waals surface area contributed by atoms with Crippen molar-refractivity contribution in [2.45, 2.75) is 19.4 Å². The van der Waals surface area contributed by atoms with Crippen molar-refractivity contribution in [3.63, 3.8) is 0 Å². The number of likely N-dealkylation sites (tertiary alicyclic amines) is 1. The van der Waals surface area contributed by atoms with Crippen LogP contribution in [0.5, 0.6) is 5.75 Å². The number of rotatable bonds is 4. The number of nitrogens with zero attached hydrogens (tertiary/aromatic N) is 4. The molecule has 8 nitrogen and oxygen atoms in total. The minimum absolute atomic E-state index is 0.0842. The first kappa shape index (κ1) is 16.3. The van der Waals surface area contributed by atoms with E-state index in [2.05, 4.69) is 15.0 Å². The molecule has 0 spiro atoms. The fraction of sp³-hybridized carbons (Fsp3) is 0.333. The number of fused-ring (bicyclic) bond motifs is 1. The molecule has 1 saturated heterocycles. The third-order valence-electron chi connectivity index (χ3n) is 4.61. The molecule has 4 rings (SSSR count). The van der Waals surface area contributed by atoms with E-state index < -0.39 is 0 Å². The van der Waals surface area contributed by atoms with Gasteiger partial charge in [0.2, 0.25) is 0 Å². The molecule has 1 N–H and O–H groups in total. The first-order valence-corrected chi connectivity index (χ1v) is 8.60. The Balaban J connectivity index is 1.60. The Morgan fingerprint density at radius 3 is 3.08 bits per heavy atom. The molecule has 0 bridgehead atoms. The molecule has 134 valence electrons. The number of nitrogens with one attached hydrogen (secondary N) is 1. The summed E-state index contributed by atoms with van der Waals surface area (Å²) >= 11 is 0. The molecular weight excluding hydrogens is 334 g/mol. The summed E-state index contributed by atoms with van der Waals surface area (Å²) in [6.07, 6.45) is 3.69. The Kier molecular flexibility index (Phi) is 4.16. The zero-order chi connectivity index (χ0) is 18.1. The summed E-state index contributed by atoms with van der Waals surface area (Å²) in [7, 11) is 0. The van der Waals surface area contributed by atoms with E-state index in [0.29, 0.717) is 48.6 Å². The number of H-pyrrole nitrogens is 1. The van der Waals surface area contributed by atoms with Crippen LogP contribution in [0.3, 0.4) is 0 Å². The minimum Gasteiger partial charge on any atom is -0.493 e. The fourth-order valence-corrected chi connectivity index (χ4v) is 3.45. The molecule has 1 atom stereocenters. The topological polar surface area (TPSA) is 93.1 Å². The van der Waals surface area contributed by atoms with E-state index in [9.17, 15) is 9.59 Å². The molecule has 1 amide bonds. The number of benzene rings is 1. The molecule has 8 heteroatoms. The third-order valence-corrected chi connectivity index (χ3v) is 4.61. The molecule has 3 aromatic rings. The van der Waals surface area contributed by atoms with Crippen LogP contribution in [0.4, 0.5) is 0 Å². The second kappa shape index (κ2) is 6.62. The Hall–Kier alpha value is -3.16. The predicted octanol–water partition coefficient (Wildman–Crippen LogP) is 1.61. The van der Waals surface area contributed by atoms with Gasteiger partial charge in [-0.1, -0.05) is 12.1 Å². The van der Waals surface area contributed by atoms with Gasteiger partial charge in [0.25, 0.3) is 5.91 Å². The zero-order valence-corrected chi connectivity index (χ0v) is 14.4. The molecule has 2 aromatic heterocycles. The second-order valence-electron chi connectivity index (χ2n) is 6.18. The summed E-state index contributed by atoms with van der Waals surface area (Å²) in [6.45, 7) is 3.42. The number of aromatic amines is 1. The van der Waals surface area contributed by atoms with Crippen molar-refractivity contribution in [1.82, 2.24) is 24.4 Å². The van der Waals surface area contributed by atoms with E-state index in [1.807, 2.05) is 19.1 Å². The van der Waals surface area contributed by atoms with Gasteiger partial charge < -0.3 is 14.6 Å². The van der Waals surface area contributed by atoms with Gasteiger partial charge in [0.15, 0.2) is 5.65 Å². The molecule has 0 saturated carbocycles. The maximum absolute atomic E-state index is 12.9. The number of ether oxygens (including phenoxy) is 1. The number of carbonyl (C=O) groups is 1. The van der Waals surface area contributed by atoms with Crippen LogP contribution in [0.15, 0.2) is 41.6 Å². The van der Waals surface area contributed by atoms with Gasteiger partial charge in [0.1, 0.15) is 17.6 Å². The van der Waals surface area contributed by atoms with Crippen molar-refractivity contribution in [1.29, 1.82) is 0 Å². The van der Waals surface area contributed by atoms with Gasteiger partial charge in [-0.05, 0) is 25.5 Å². The van der Waals surface area contributed by atoms with Crippen molar-refractivity contribution in [2.75, 3.05) is 19.7 Å². The standard InChI is InChI=1S/C18H19N5O3/c1-2-26-15-6-4-3-5-13(15)17(24)22-8-7-12(10-22)23-16-14(21-18(23)25)9-19-11-20-16/h3-6,9,11-12H,2,7-8,10H2,1H3,(H,21,25)/t12-/m1/s1. The molecule has 26 heavy (non-hydrogen) atoms. The number of imidazole rings is 1. The molecule has 1 aliphatic heterocycles. The van der Waals surface area contributed by atoms with Gasteiger partial charge in [-0.3, -0.25) is 9.36 Å². The first-order valence-electron chi connectivity index (χ1n) is 8.60. The first-order chi connectivity index (χ1) is 12.7. The second-order valence-corrected chi connectivity index (χ2v) is 6.18. The molecule has 1 aliphatic rings. The fourth-order valence-electron chi connectivity index (χ4n) is 3.45. The number of carbonyl (C=O) groups excluding carboxylic acids is 1. The lowest BCUT2D eigenvalue weighted by atomic mass is 10.2. The van der Waals surface area contributed by atoms with Crippen LogP contribution in [0.2, 0.25) is 0 Å². The Bertz CT molecular complexity index is 1010. The molecule has 0 aliphatic carbocycles. The summed E-state index contributed by atoms with van der Waals surface area (Å²) in [5, 5.41) is 0. The maximum Gasteiger partial charge on any atom is 0.328 e. The van der Waals surface area contributed by atoms with E-state index in [1.54, 1.807) is 27.8 Å². The van der Waals surface area contributed by atoms with Crippen LogP contribution in [0.1, 0.15) is 29.7 Å². The molecular formula is C18H19N5O3. The quantitative estimate of drug-likeness (QED) is 0.769. The van der Waals surface area contributed by atoms with E-state index in [0.717, 1.165) is 0 Å². The summed E-state index contributed by atoms with van der Waals surface area (Å²) in [6, 6.07) is 7.12. The average molecular weight is 353 g/mol. The largest absolute Gasteiger partial charge is 0.493 e. The number of hydrogen-bond donors (Lipinski definition) is 1. The van der Waals surface area contributed by atoms with E-state index in [-0.39, 0.29) is 17.6 Å². The van der Waals surface area contributed by atoms with Gasteiger partial charge in [-0.15, -0.1) is 0 Å². The predicted molar refractivity (Wildman–Crippen MR) is 95.3 cm³/mol. The monoisotopic (exact) mass is 353 g/mol. The highest BCUT2D eigenvalue weighted by atomic mass is 16.5. The van der Waals surface area contributed by atoms with Crippen LogP contribution in [0.25, 0.3) is 11.2 Å². The van der Waals surface area contributed by atoms with Crippen LogP contribution in [-0.4, -0.2) is 50.0 Å². The highest BCUT2D eigenvalue weighted by Crippen LogP contribution is 2.27. The smallest absolute Gasteiger partial charge is 0.328 e. The highest BCUT2D eigenvalue weighted by molar-refractivity contribution is 5.97. The van der Waals surface area contributed by atoms with Crippen LogP contribution < -0.4 is 10.4 Å². The van der Waals surface area contributed by atoms with Crippen LogP contribution >= 0.6 is 0 Å². The number of amides is 1. The summed E-state index contributed by atoms with van der Waals surface area (Å²) < 4.78 is 7.19. The molecule has 1 aromatic carbocycles. The van der Waals surface area contributed by atoms with Crippen molar-refractivity contribution < 1.29 is 9.53 Å². The van der Waals surface area contributed by atoms with Crippen molar-refractivity contribution in [2.24, 2.45) is 0 Å². The van der Waals surface area contributed by atoms with Gasteiger partial charge in [0.05, 0.1) is 24.4 Å². The van der Waals surface area contributed by atoms with Gasteiger partial charge in [-0.2, -0.15) is 0 Å². The lowest BCUT2D eigenvalue weighted by molar-refractivity contribution is 0.0783. The lowest BCUT2D eigenvalue weighted by Crippen LogP contribution is -2.31. The molecule has 0 radical (unpaired) electrons. The summed E-state index contributed by atoms with van der Waals surface area (Å²) in [4.78, 5) is 37.9. The molecule has 1 fully saturated rings. The molecule has 3 heterocycles. The minimum atomic E-state index is -0.227. The van der Waals surface area contributed by atoms with Gasteiger partial charge >= 0.3 is 5.69 Å². The van der Waals surface area contributed by atoms with E-state index in [4.69, 9.17) is 4.74 Å². The maximum atomic E-state index is 12.9. The molecule has 0 unspecified atom stereocenters. The third kappa shape index (κ3) is 2.73. The normalized spacial score (nSPS) is 17.0. The average Bonchev–Trinajstić information content (AvgIpc) is 3.25. The number of para-hydroxylation sites is 1. The highest BCUT2D eigenvalue weighted by Gasteiger charge is 2.31. The number of aromatic nitrogens is 4. The van der Waals surface area contributed by atoms with E-state index in [1.165, 1.54) is 6.33 Å². The van der Waals surface area contributed by atoms with Crippen molar-refractivity contribution in [3.05, 3.63) is 52.8 Å². The Morgan fingerprint density at radius 1 is 1.38 bits per heavy atom. The van der Waals surface area contributed by atoms with Crippen molar-refractivity contribution >= 4 is 17.1 Å². The van der Waals surface area contributed by atoms with E-state index >= 15 is 0 Å². The summed E-state index contributed by atoms with van der Waals surface area (Å²) in [5.74, 6) is 0.500. The summed E-state index contributed by atoms with van der Waals surface area (Å²) in [5.41, 5.74) is 1.49. The van der Waals surface area contributed by atoms with Crippen LogP contribution in [-0.2, 0) is 0 Å². The van der Waals surface area contributed by atoms with Crippen molar-refractivity contribution in [3.8, 4) is 5.75 Å². The Labute approximate surface area is 149 Å².